The van der Waals surface area contributed by atoms with Gasteiger partial charge in [-0.3, -0.25) is 4.79 Å². The van der Waals surface area contributed by atoms with Gasteiger partial charge >= 0.3 is 0 Å². The molecule has 0 aliphatic rings. The van der Waals surface area contributed by atoms with Crippen LogP contribution in [-0.2, 0) is 14.8 Å². The number of nitrogens with one attached hydrogen (secondary N) is 2. The van der Waals surface area contributed by atoms with Gasteiger partial charge in [0.25, 0.3) is 10.0 Å². The first kappa shape index (κ1) is 15.2. The summed E-state index contributed by atoms with van der Waals surface area (Å²) in [6, 6.07) is 10.2. The van der Waals surface area contributed by atoms with Crippen molar-refractivity contribution in [1.82, 2.24) is 4.72 Å². The average molecular weight is 375 g/mol. The number of hydrogen-bond donors (Lipinski definition) is 2. The smallest absolute Gasteiger partial charge is 0.250 e. The number of sulfonamides is 1. The summed E-state index contributed by atoms with van der Waals surface area (Å²) in [5.74, 6) is -0.433. The second-order valence-corrected chi connectivity index (χ2v) is 7.58. The molecule has 20 heavy (non-hydrogen) atoms. The molecule has 106 valence electrons. The van der Waals surface area contributed by atoms with Crippen LogP contribution in [0.2, 0.25) is 0 Å². The molecule has 0 radical (unpaired) electrons. The van der Waals surface area contributed by atoms with E-state index in [1.165, 1.54) is 6.07 Å². The minimum atomic E-state index is -3.62. The summed E-state index contributed by atoms with van der Waals surface area (Å²) in [5.41, 5.74) is 0.591. The van der Waals surface area contributed by atoms with E-state index in [1.807, 2.05) is 6.07 Å². The van der Waals surface area contributed by atoms with E-state index < -0.39 is 15.9 Å². The van der Waals surface area contributed by atoms with E-state index in [0.29, 0.717) is 5.69 Å². The molecule has 1 amide bonds. The summed E-state index contributed by atoms with van der Waals surface area (Å²) in [4.78, 5) is 11.7. The molecule has 0 saturated carbocycles. The molecule has 2 aromatic rings. The van der Waals surface area contributed by atoms with E-state index in [2.05, 4.69) is 26.0 Å². The Morgan fingerprint density at radius 2 is 1.95 bits per heavy atom. The highest BCUT2D eigenvalue weighted by Crippen LogP contribution is 2.21. The summed E-state index contributed by atoms with van der Waals surface area (Å²) in [7, 11) is -3.62. The highest BCUT2D eigenvalue weighted by Gasteiger charge is 2.16. The van der Waals surface area contributed by atoms with E-state index in [-0.39, 0.29) is 10.8 Å². The lowest BCUT2D eigenvalue weighted by Gasteiger charge is -2.08. The average Bonchev–Trinajstić information content (AvgIpc) is 2.94. The number of benzene rings is 1. The first-order valence-corrected chi connectivity index (χ1v) is 8.72. The number of thiophene rings is 1. The van der Waals surface area contributed by atoms with E-state index in [9.17, 15) is 13.2 Å². The Kier molecular flexibility index (Phi) is 4.92. The number of rotatable bonds is 5. The first-order chi connectivity index (χ1) is 9.49. The molecule has 5 nitrogen and oxygen atoms in total. The van der Waals surface area contributed by atoms with Crippen LogP contribution in [0.5, 0.6) is 0 Å². The lowest BCUT2D eigenvalue weighted by molar-refractivity contribution is -0.115. The van der Waals surface area contributed by atoms with Crippen LogP contribution in [0.1, 0.15) is 0 Å². The molecule has 0 aliphatic carbocycles. The third-order valence-electron chi connectivity index (χ3n) is 2.33. The monoisotopic (exact) mass is 374 g/mol. The van der Waals surface area contributed by atoms with E-state index >= 15 is 0 Å². The van der Waals surface area contributed by atoms with Gasteiger partial charge in [-0.2, -0.15) is 0 Å². The standard InChI is InChI=1S/C12H11BrN2O3S2/c13-9-4-1-2-5-10(9)15-11(16)8-14-20(17,18)12-6-3-7-19-12/h1-7,14H,8H2,(H,15,16). The van der Waals surface area contributed by atoms with Crippen molar-refractivity contribution in [2.24, 2.45) is 0 Å². The lowest BCUT2D eigenvalue weighted by Crippen LogP contribution is -2.32. The lowest BCUT2D eigenvalue weighted by atomic mass is 10.3. The van der Waals surface area contributed by atoms with Crippen LogP contribution >= 0.6 is 27.3 Å². The van der Waals surface area contributed by atoms with Crippen LogP contribution in [0.3, 0.4) is 0 Å². The van der Waals surface area contributed by atoms with Gasteiger partial charge < -0.3 is 5.32 Å². The molecule has 0 atom stereocenters. The van der Waals surface area contributed by atoms with Crippen LogP contribution < -0.4 is 10.0 Å². The number of amides is 1. The zero-order chi connectivity index (χ0) is 14.6. The number of para-hydroxylation sites is 1. The van der Waals surface area contributed by atoms with Crippen LogP contribution in [0.15, 0.2) is 50.5 Å². The fourth-order valence-corrected chi connectivity index (χ4v) is 3.81. The zero-order valence-electron chi connectivity index (χ0n) is 10.2. The van der Waals surface area contributed by atoms with Gasteiger partial charge in [-0.05, 0) is 39.5 Å². The Hall–Kier alpha value is -1.22. The van der Waals surface area contributed by atoms with Crippen molar-refractivity contribution >= 4 is 48.9 Å². The Labute approximate surface area is 129 Å². The van der Waals surface area contributed by atoms with Gasteiger partial charge in [0, 0.05) is 4.47 Å². The Balaban J connectivity index is 1.95. The molecule has 1 aromatic carbocycles. The summed E-state index contributed by atoms with van der Waals surface area (Å²) >= 11 is 4.39. The molecule has 1 heterocycles. The van der Waals surface area contributed by atoms with Crippen molar-refractivity contribution in [2.75, 3.05) is 11.9 Å². The second-order valence-electron chi connectivity index (χ2n) is 3.78. The molecule has 0 spiro atoms. The highest BCUT2D eigenvalue weighted by molar-refractivity contribution is 9.10. The molecule has 0 aliphatic heterocycles. The minimum absolute atomic E-state index is 0.186. The third kappa shape index (κ3) is 3.89. The maximum absolute atomic E-state index is 11.8. The quantitative estimate of drug-likeness (QED) is 0.843. The molecule has 2 rings (SSSR count). The zero-order valence-corrected chi connectivity index (χ0v) is 13.4. The van der Waals surface area contributed by atoms with Crippen molar-refractivity contribution in [1.29, 1.82) is 0 Å². The van der Waals surface area contributed by atoms with Crippen molar-refractivity contribution in [3.63, 3.8) is 0 Å². The predicted octanol–water partition coefficient (Wildman–Crippen LogP) is 2.43. The summed E-state index contributed by atoms with van der Waals surface area (Å²) in [5, 5.41) is 4.28. The van der Waals surface area contributed by atoms with Gasteiger partial charge in [-0.25, -0.2) is 13.1 Å². The van der Waals surface area contributed by atoms with Crippen LogP contribution in [-0.4, -0.2) is 20.9 Å². The van der Waals surface area contributed by atoms with Gasteiger partial charge in [0.2, 0.25) is 5.91 Å². The van der Waals surface area contributed by atoms with Crippen LogP contribution in [0.25, 0.3) is 0 Å². The van der Waals surface area contributed by atoms with Gasteiger partial charge in [0.15, 0.2) is 0 Å². The SMILES string of the molecule is O=C(CNS(=O)(=O)c1cccs1)Nc1ccccc1Br. The molecule has 0 saturated heterocycles. The number of anilines is 1. The van der Waals surface area contributed by atoms with E-state index in [1.54, 1.807) is 29.6 Å². The molecule has 0 bridgehead atoms. The predicted molar refractivity (Wildman–Crippen MR) is 82.3 cm³/mol. The Bertz CT molecular complexity index is 699. The van der Waals surface area contributed by atoms with Gasteiger partial charge in [0.1, 0.15) is 4.21 Å². The fraction of sp³-hybridized carbons (Fsp3) is 0.0833. The molecule has 0 unspecified atom stereocenters. The second kappa shape index (κ2) is 6.49. The van der Waals surface area contributed by atoms with Crippen LogP contribution in [0, 0.1) is 0 Å². The van der Waals surface area contributed by atoms with E-state index in [4.69, 9.17) is 0 Å². The summed E-state index contributed by atoms with van der Waals surface area (Å²) < 4.78 is 26.8. The largest absolute Gasteiger partial charge is 0.324 e. The van der Waals surface area contributed by atoms with Gasteiger partial charge in [-0.1, -0.05) is 18.2 Å². The fourth-order valence-electron chi connectivity index (χ4n) is 1.41. The van der Waals surface area contributed by atoms with Crippen molar-refractivity contribution in [2.45, 2.75) is 4.21 Å². The highest BCUT2D eigenvalue weighted by atomic mass is 79.9. The summed E-state index contributed by atoms with van der Waals surface area (Å²) in [6.45, 7) is -0.318. The molecule has 1 aromatic heterocycles. The molecule has 8 heteroatoms. The van der Waals surface area contributed by atoms with Crippen molar-refractivity contribution in [3.8, 4) is 0 Å². The number of carbonyl (C=O) groups is 1. The van der Waals surface area contributed by atoms with Crippen LogP contribution in [0.4, 0.5) is 5.69 Å². The normalized spacial score (nSPS) is 11.2. The van der Waals surface area contributed by atoms with Crippen molar-refractivity contribution < 1.29 is 13.2 Å². The molecular formula is C12H11BrN2O3S2. The Morgan fingerprint density at radius 3 is 2.60 bits per heavy atom. The Morgan fingerprint density at radius 1 is 1.20 bits per heavy atom. The maximum Gasteiger partial charge on any atom is 0.250 e. The third-order valence-corrected chi connectivity index (χ3v) is 5.82. The number of carbonyl (C=O) groups excluding carboxylic acids is 1. The van der Waals surface area contributed by atoms with Gasteiger partial charge in [0.05, 0.1) is 12.2 Å². The van der Waals surface area contributed by atoms with Crippen molar-refractivity contribution in [3.05, 3.63) is 46.3 Å². The minimum Gasteiger partial charge on any atom is -0.324 e. The first-order valence-electron chi connectivity index (χ1n) is 5.56. The maximum atomic E-state index is 11.8. The number of hydrogen-bond acceptors (Lipinski definition) is 4. The molecular weight excluding hydrogens is 364 g/mol. The van der Waals surface area contributed by atoms with E-state index in [0.717, 1.165) is 15.8 Å². The summed E-state index contributed by atoms with van der Waals surface area (Å²) in [6.07, 6.45) is 0. The molecule has 2 N–H and O–H groups in total. The topological polar surface area (TPSA) is 75.3 Å². The van der Waals surface area contributed by atoms with Gasteiger partial charge in [-0.15, -0.1) is 11.3 Å². The number of halogens is 1. The molecule has 0 fully saturated rings.